The second kappa shape index (κ2) is 2.16. The van der Waals surface area contributed by atoms with Gasteiger partial charge in [-0.25, -0.2) is 15.0 Å². The van der Waals surface area contributed by atoms with Gasteiger partial charge in [-0.1, -0.05) is 0 Å². The SMILES string of the molecule is C=Nc1ncccn1. The molecule has 0 unspecified atom stereocenters. The second-order valence-corrected chi connectivity index (χ2v) is 1.21. The molecule has 0 spiro atoms. The number of aromatic nitrogens is 2. The van der Waals surface area contributed by atoms with Crippen LogP contribution in [0.1, 0.15) is 0 Å². The molecule has 0 saturated heterocycles. The molecule has 1 rings (SSSR count). The quantitative estimate of drug-likeness (QED) is 0.498. The van der Waals surface area contributed by atoms with Gasteiger partial charge < -0.3 is 0 Å². The van der Waals surface area contributed by atoms with Crippen molar-refractivity contribution in [3.63, 3.8) is 0 Å². The van der Waals surface area contributed by atoms with Crippen molar-refractivity contribution < 1.29 is 0 Å². The van der Waals surface area contributed by atoms with Crippen molar-refractivity contribution in [1.29, 1.82) is 0 Å². The Hall–Kier alpha value is -1.25. The largest absolute Gasteiger partial charge is 0.248 e. The molecule has 0 aliphatic heterocycles. The summed E-state index contributed by atoms with van der Waals surface area (Å²) in [7, 11) is 0. The molecule has 0 N–H and O–H groups in total. The van der Waals surface area contributed by atoms with E-state index in [1.807, 2.05) is 0 Å². The minimum atomic E-state index is 0.424. The summed E-state index contributed by atoms with van der Waals surface area (Å²) in [5.41, 5.74) is 0. The normalized spacial score (nSPS) is 8.50. The summed E-state index contributed by atoms with van der Waals surface area (Å²) in [5.74, 6) is 0.424. The lowest BCUT2D eigenvalue weighted by Gasteiger charge is -1.83. The number of hydrogen-bond donors (Lipinski definition) is 0. The van der Waals surface area contributed by atoms with Crippen LogP contribution in [0.4, 0.5) is 5.95 Å². The maximum absolute atomic E-state index is 3.76. The first kappa shape index (κ1) is 4.90. The fourth-order valence-corrected chi connectivity index (χ4v) is 0.373. The van der Waals surface area contributed by atoms with Crippen molar-refractivity contribution in [3.05, 3.63) is 18.5 Å². The minimum Gasteiger partial charge on any atom is -0.228 e. The highest BCUT2D eigenvalue weighted by Crippen LogP contribution is 1.94. The molecule has 40 valence electrons. The summed E-state index contributed by atoms with van der Waals surface area (Å²) in [6, 6.07) is 1.73. The lowest BCUT2D eigenvalue weighted by Crippen LogP contribution is -1.74. The number of rotatable bonds is 1. The fourth-order valence-electron chi connectivity index (χ4n) is 0.373. The molecule has 1 aromatic heterocycles. The van der Waals surface area contributed by atoms with Gasteiger partial charge >= 0.3 is 0 Å². The summed E-state index contributed by atoms with van der Waals surface area (Å²) in [5, 5.41) is 0. The predicted molar refractivity (Wildman–Crippen MR) is 31.2 cm³/mol. The molecule has 0 saturated carbocycles. The highest BCUT2D eigenvalue weighted by molar-refractivity contribution is 5.33. The Balaban J connectivity index is 2.99. The third-order valence-corrected chi connectivity index (χ3v) is 0.694. The predicted octanol–water partition coefficient (Wildman–Crippen LogP) is 0.809. The van der Waals surface area contributed by atoms with Crippen molar-refractivity contribution in [3.8, 4) is 0 Å². The van der Waals surface area contributed by atoms with E-state index in [4.69, 9.17) is 0 Å². The Morgan fingerprint density at radius 2 is 2.00 bits per heavy atom. The zero-order chi connectivity index (χ0) is 5.82. The molecule has 0 amide bonds. The van der Waals surface area contributed by atoms with Crippen molar-refractivity contribution in [1.82, 2.24) is 9.97 Å². The lowest BCUT2D eigenvalue weighted by atomic mass is 10.7. The van der Waals surface area contributed by atoms with Crippen LogP contribution in [0.25, 0.3) is 0 Å². The topological polar surface area (TPSA) is 38.1 Å². The Bertz CT molecular complexity index is 170. The molecular formula is C5H5N3. The van der Waals surface area contributed by atoms with Crippen LogP contribution in [0.3, 0.4) is 0 Å². The molecule has 0 atom stereocenters. The van der Waals surface area contributed by atoms with Gasteiger partial charge in [-0.3, -0.25) is 0 Å². The Kier molecular flexibility index (Phi) is 1.32. The van der Waals surface area contributed by atoms with Crippen molar-refractivity contribution in [2.45, 2.75) is 0 Å². The van der Waals surface area contributed by atoms with Gasteiger partial charge in [0.05, 0.1) is 0 Å². The molecule has 3 nitrogen and oxygen atoms in total. The molecule has 1 aromatic rings. The van der Waals surface area contributed by atoms with E-state index in [1.165, 1.54) is 0 Å². The summed E-state index contributed by atoms with van der Waals surface area (Å²) in [4.78, 5) is 11.0. The van der Waals surface area contributed by atoms with Gasteiger partial charge in [0.2, 0.25) is 5.95 Å². The third kappa shape index (κ3) is 0.872. The van der Waals surface area contributed by atoms with E-state index in [0.717, 1.165) is 0 Å². The highest BCUT2D eigenvalue weighted by Gasteiger charge is 1.80. The first-order valence-electron chi connectivity index (χ1n) is 2.17. The van der Waals surface area contributed by atoms with Gasteiger partial charge in [0, 0.05) is 12.4 Å². The molecule has 0 aliphatic rings. The van der Waals surface area contributed by atoms with Crippen LogP contribution in [0, 0.1) is 0 Å². The van der Waals surface area contributed by atoms with E-state index >= 15 is 0 Å². The van der Waals surface area contributed by atoms with Gasteiger partial charge in [-0.15, -0.1) is 0 Å². The van der Waals surface area contributed by atoms with E-state index in [0.29, 0.717) is 5.95 Å². The van der Waals surface area contributed by atoms with Crippen LogP contribution in [0.2, 0.25) is 0 Å². The average molecular weight is 107 g/mol. The van der Waals surface area contributed by atoms with Crippen LogP contribution in [0.5, 0.6) is 0 Å². The lowest BCUT2D eigenvalue weighted by molar-refractivity contribution is 1.14. The van der Waals surface area contributed by atoms with E-state index in [1.54, 1.807) is 18.5 Å². The van der Waals surface area contributed by atoms with Crippen molar-refractivity contribution in [2.24, 2.45) is 4.99 Å². The molecule has 3 heteroatoms. The van der Waals surface area contributed by atoms with Gasteiger partial charge in [0.25, 0.3) is 0 Å². The summed E-state index contributed by atoms with van der Waals surface area (Å²) in [6.07, 6.45) is 3.24. The van der Waals surface area contributed by atoms with Crippen LogP contribution < -0.4 is 0 Å². The molecule has 0 radical (unpaired) electrons. The van der Waals surface area contributed by atoms with E-state index in [-0.39, 0.29) is 0 Å². The molecule has 0 bridgehead atoms. The monoisotopic (exact) mass is 107 g/mol. The Morgan fingerprint density at radius 1 is 1.38 bits per heavy atom. The van der Waals surface area contributed by atoms with E-state index < -0.39 is 0 Å². The van der Waals surface area contributed by atoms with Gasteiger partial charge in [-0.05, 0) is 12.8 Å². The zero-order valence-corrected chi connectivity index (χ0v) is 4.28. The maximum atomic E-state index is 3.76. The van der Waals surface area contributed by atoms with Crippen molar-refractivity contribution in [2.75, 3.05) is 0 Å². The van der Waals surface area contributed by atoms with E-state index in [2.05, 4.69) is 21.7 Å². The number of aliphatic imine (C=N–C) groups is 1. The number of hydrogen-bond acceptors (Lipinski definition) is 3. The maximum Gasteiger partial charge on any atom is 0.248 e. The van der Waals surface area contributed by atoms with Gasteiger partial charge in [-0.2, -0.15) is 0 Å². The van der Waals surface area contributed by atoms with Gasteiger partial charge in [0.15, 0.2) is 0 Å². The fraction of sp³-hybridized carbons (Fsp3) is 0. The Morgan fingerprint density at radius 3 is 2.38 bits per heavy atom. The first-order chi connectivity index (χ1) is 3.93. The van der Waals surface area contributed by atoms with Crippen LogP contribution in [-0.4, -0.2) is 16.7 Å². The summed E-state index contributed by atoms with van der Waals surface area (Å²) < 4.78 is 0. The molecule has 1 heterocycles. The van der Waals surface area contributed by atoms with Crippen LogP contribution >= 0.6 is 0 Å². The third-order valence-electron chi connectivity index (χ3n) is 0.694. The Labute approximate surface area is 47.1 Å². The van der Waals surface area contributed by atoms with Crippen LogP contribution in [-0.2, 0) is 0 Å². The smallest absolute Gasteiger partial charge is 0.228 e. The van der Waals surface area contributed by atoms with Gasteiger partial charge in [0.1, 0.15) is 0 Å². The first-order valence-corrected chi connectivity index (χ1v) is 2.17. The second-order valence-electron chi connectivity index (χ2n) is 1.21. The minimum absolute atomic E-state index is 0.424. The highest BCUT2D eigenvalue weighted by atomic mass is 15.0. The molecular weight excluding hydrogens is 102 g/mol. The summed E-state index contributed by atoms with van der Waals surface area (Å²) >= 11 is 0. The molecule has 8 heavy (non-hydrogen) atoms. The standard InChI is InChI=1S/C5H5N3/c1-6-5-7-3-2-4-8-5/h2-4H,1H2. The van der Waals surface area contributed by atoms with E-state index in [9.17, 15) is 0 Å². The molecule has 0 fully saturated rings. The zero-order valence-electron chi connectivity index (χ0n) is 4.28. The molecule has 0 aliphatic carbocycles. The van der Waals surface area contributed by atoms with Crippen molar-refractivity contribution >= 4 is 12.7 Å². The average Bonchev–Trinajstić information content (AvgIpc) is 1.90. The number of nitrogens with zero attached hydrogens (tertiary/aromatic N) is 3. The van der Waals surface area contributed by atoms with Crippen LogP contribution in [0.15, 0.2) is 23.5 Å². The summed E-state index contributed by atoms with van der Waals surface area (Å²) in [6.45, 7) is 3.26. The molecule has 0 aromatic carbocycles.